The number of nitrogens with zero attached hydrogens (tertiary/aromatic N) is 1. The van der Waals surface area contributed by atoms with Crippen molar-refractivity contribution in [3.8, 4) is 11.1 Å². The van der Waals surface area contributed by atoms with Crippen LogP contribution < -0.4 is 0 Å². The van der Waals surface area contributed by atoms with Gasteiger partial charge in [-0.2, -0.15) is 0 Å². The van der Waals surface area contributed by atoms with Crippen LogP contribution in [0.2, 0.25) is 0 Å². The van der Waals surface area contributed by atoms with Crippen LogP contribution in [0.15, 0.2) is 36.4 Å². The molecule has 0 radical (unpaired) electrons. The summed E-state index contributed by atoms with van der Waals surface area (Å²) in [5.74, 6) is -0.334. The van der Waals surface area contributed by atoms with Gasteiger partial charge in [-0.15, -0.1) is 0 Å². The molecule has 5 nitrogen and oxygen atoms in total. The van der Waals surface area contributed by atoms with Crippen molar-refractivity contribution in [2.45, 2.75) is 13.5 Å². The highest BCUT2D eigenvalue weighted by molar-refractivity contribution is 5.82. The molecule has 0 fully saturated rings. The molecule has 0 aliphatic carbocycles. The molecule has 0 unspecified atom stereocenters. The molecule has 1 aromatic carbocycles. The van der Waals surface area contributed by atoms with Gasteiger partial charge in [0.25, 0.3) is 0 Å². The minimum Gasteiger partial charge on any atom is -0.461 e. The summed E-state index contributed by atoms with van der Waals surface area (Å²) in [5, 5.41) is 0. The molecule has 5 heteroatoms. The number of benzene rings is 1. The van der Waals surface area contributed by atoms with Crippen LogP contribution in [0.4, 0.5) is 0 Å². The maximum Gasteiger partial charge on any atom is 0.302 e. The molecule has 0 bridgehead atoms. The van der Waals surface area contributed by atoms with E-state index in [0.29, 0.717) is 12.6 Å². The van der Waals surface area contributed by atoms with Crippen molar-refractivity contribution >= 4 is 18.5 Å². The molecule has 106 valence electrons. The third kappa shape index (κ3) is 3.82. The first kappa shape index (κ1) is 14.6. The Kier molecular flexibility index (Phi) is 4.56. The number of carbonyl (C=O) groups excluding carboxylic acids is 3. The second-order valence-electron chi connectivity index (χ2n) is 4.42. The number of rotatable bonds is 5. The van der Waals surface area contributed by atoms with E-state index in [-0.39, 0.29) is 24.0 Å². The van der Waals surface area contributed by atoms with Crippen LogP contribution >= 0.6 is 0 Å². The molecule has 21 heavy (non-hydrogen) atoms. The monoisotopic (exact) mass is 283 g/mol. The fourth-order valence-corrected chi connectivity index (χ4v) is 1.84. The zero-order valence-corrected chi connectivity index (χ0v) is 11.4. The largest absolute Gasteiger partial charge is 0.461 e. The number of esters is 1. The fraction of sp³-hybridized carbons (Fsp3) is 0.125. The first-order chi connectivity index (χ1) is 10.1. The fourth-order valence-electron chi connectivity index (χ4n) is 1.84. The van der Waals surface area contributed by atoms with Crippen LogP contribution in [0.3, 0.4) is 0 Å². The minimum absolute atomic E-state index is 0.207. The van der Waals surface area contributed by atoms with Gasteiger partial charge in [-0.25, -0.2) is 4.98 Å². The average Bonchev–Trinajstić information content (AvgIpc) is 2.52. The lowest BCUT2D eigenvalue weighted by Crippen LogP contribution is -1.98. The Morgan fingerprint density at radius 1 is 1.05 bits per heavy atom. The number of hydrogen-bond acceptors (Lipinski definition) is 5. The molecule has 0 saturated carbocycles. The third-order valence-corrected chi connectivity index (χ3v) is 2.84. The minimum atomic E-state index is -0.334. The van der Waals surface area contributed by atoms with E-state index in [1.54, 1.807) is 12.1 Å². The van der Waals surface area contributed by atoms with Crippen molar-refractivity contribution in [2.24, 2.45) is 0 Å². The van der Waals surface area contributed by atoms with Gasteiger partial charge in [-0.3, -0.25) is 14.4 Å². The summed E-state index contributed by atoms with van der Waals surface area (Å²) in [6, 6.07) is 10.5. The maximum atomic E-state index is 10.8. The molecule has 2 aromatic rings. The van der Waals surface area contributed by atoms with Crippen molar-refractivity contribution < 1.29 is 19.1 Å². The number of carbonyl (C=O) groups is 3. The second kappa shape index (κ2) is 6.56. The zero-order valence-electron chi connectivity index (χ0n) is 11.4. The maximum absolute atomic E-state index is 10.8. The smallest absolute Gasteiger partial charge is 0.302 e. The van der Waals surface area contributed by atoms with Crippen LogP contribution in [0, 0.1) is 0 Å². The number of pyridine rings is 1. The molecule has 0 saturated heterocycles. The van der Waals surface area contributed by atoms with Gasteiger partial charge >= 0.3 is 5.97 Å². The Morgan fingerprint density at radius 2 is 1.62 bits per heavy atom. The Bertz CT molecular complexity index is 651. The lowest BCUT2D eigenvalue weighted by molar-refractivity contribution is -0.142. The van der Waals surface area contributed by atoms with E-state index in [0.717, 1.165) is 16.7 Å². The molecular weight excluding hydrogens is 270 g/mol. The summed E-state index contributed by atoms with van der Waals surface area (Å²) in [7, 11) is 0. The SMILES string of the molecule is CC(=O)OCc1ccc(-c2cc(C=O)nc(C=O)c2)cc1. The Balaban J connectivity index is 2.27. The standard InChI is InChI=1S/C16H13NO4/c1-11(20)21-10-12-2-4-13(5-3-12)14-6-15(8-18)17-16(7-14)9-19/h2-9H,10H2,1H3. The predicted molar refractivity (Wildman–Crippen MR) is 75.9 cm³/mol. The first-order valence-electron chi connectivity index (χ1n) is 6.27. The quantitative estimate of drug-likeness (QED) is 0.622. The molecule has 0 atom stereocenters. The summed E-state index contributed by atoms with van der Waals surface area (Å²) in [4.78, 5) is 36.3. The summed E-state index contributed by atoms with van der Waals surface area (Å²) in [5.41, 5.74) is 2.84. The lowest BCUT2D eigenvalue weighted by Gasteiger charge is -2.06. The van der Waals surface area contributed by atoms with Crippen LogP contribution in [0.5, 0.6) is 0 Å². The summed E-state index contributed by atoms with van der Waals surface area (Å²) in [6.45, 7) is 1.57. The van der Waals surface area contributed by atoms with E-state index in [1.165, 1.54) is 6.92 Å². The van der Waals surface area contributed by atoms with Crippen molar-refractivity contribution in [3.63, 3.8) is 0 Å². The lowest BCUT2D eigenvalue weighted by atomic mass is 10.0. The van der Waals surface area contributed by atoms with Gasteiger partial charge in [0.1, 0.15) is 18.0 Å². The van der Waals surface area contributed by atoms with Gasteiger partial charge in [0, 0.05) is 6.92 Å². The van der Waals surface area contributed by atoms with E-state index < -0.39 is 0 Å². The number of aromatic nitrogens is 1. The van der Waals surface area contributed by atoms with Crippen molar-refractivity contribution in [3.05, 3.63) is 53.3 Å². The second-order valence-corrected chi connectivity index (χ2v) is 4.42. The van der Waals surface area contributed by atoms with Gasteiger partial charge < -0.3 is 4.74 Å². The third-order valence-electron chi connectivity index (χ3n) is 2.84. The predicted octanol–water partition coefficient (Wildman–Crippen LogP) is 2.44. The van der Waals surface area contributed by atoms with Crippen LogP contribution in [-0.2, 0) is 16.1 Å². The molecule has 0 amide bonds. The molecule has 0 spiro atoms. The Morgan fingerprint density at radius 3 is 2.10 bits per heavy atom. The van der Waals surface area contributed by atoms with Gasteiger partial charge in [0.05, 0.1) is 0 Å². The van der Waals surface area contributed by atoms with Crippen LogP contribution in [0.1, 0.15) is 33.5 Å². The topological polar surface area (TPSA) is 73.3 Å². The summed E-state index contributed by atoms with van der Waals surface area (Å²) < 4.78 is 4.90. The van der Waals surface area contributed by atoms with E-state index >= 15 is 0 Å². The van der Waals surface area contributed by atoms with E-state index in [2.05, 4.69) is 4.98 Å². The number of aldehydes is 2. The molecule has 0 aliphatic heterocycles. The molecule has 0 aliphatic rings. The normalized spacial score (nSPS) is 9.95. The van der Waals surface area contributed by atoms with Crippen molar-refractivity contribution in [1.29, 1.82) is 0 Å². The highest BCUT2D eigenvalue weighted by Crippen LogP contribution is 2.21. The Hall–Kier alpha value is -2.82. The highest BCUT2D eigenvalue weighted by atomic mass is 16.5. The van der Waals surface area contributed by atoms with Gasteiger partial charge in [0.2, 0.25) is 0 Å². The van der Waals surface area contributed by atoms with Gasteiger partial charge in [0.15, 0.2) is 12.6 Å². The summed E-state index contributed by atoms with van der Waals surface area (Å²) in [6.07, 6.45) is 1.21. The van der Waals surface area contributed by atoms with E-state index in [1.807, 2.05) is 24.3 Å². The van der Waals surface area contributed by atoms with Crippen LogP contribution in [0.25, 0.3) is 11.1 Å². The average molecular weight is 283 g/mol. The summed E-state index contributed by atoms with van der Waals surface area (Å²) >= 11 is 0. The zero-order chi connectivity index (χ0) is 15.2. The van der Waals surface area contributed by atoms with Gasteiger partial charge in [-0.05, 0) is 28.8 Å². The van der Waals surface area contributed by atoms with E-state index in [4.69, 9.17) is 4.74 Å². The van der Waals surface area contributed by atoms with Crippen molar-refractivity contribution in [2.75, 3.05) is 0 Å². The molecule has 1 aromatic heterocycles. The van der Waals surface area contributed by atoms with E-state index in [9.17, 15) is 14.4 Å². The van der Waals surface area contributed by atoms with Crippen LogP contribution in [-0.4, -0.2) is 23.5 Å². The Labute approximate surface area is 121 Å². The molecular formula is C16H13NO4. The molecule has 0 N–H and O–H groups in total. The van der Waals surface area contributed by atoms with Gasteiger partial charge in [-0.1, -0.05) is 24.3 Å². The number of ether oxygens (including phenoxy) is 1. The number of hydrogen-bond donors (Lipinski definition) is 0. The highest BCUT2D eigenvalue weighted by Gasteiger charge is 2.05. The molecule has 1 heterocycles. The molecule has 2 rings (SSSR count). The van der Waals surface area contributed by atoms with Crippen molar-refractivity contribution in [1.82, 2.24) is 4.98 Å². The first-order valence-corrected chi connectivity index (χ1v) is 6.27.